The van der Waals surface area contributed by atoms with Gasteiger partial charge >= 0.3 is 11.9 Å². The molecule has 3 rings (SSSR count). The van der Waals surface area contributed by atoms with Crippen molar-refractivity contribution in [3.05, 3.63) is 29.8 Å². The van der Waals surface area contributed by atoms with E-state index in [1.165, 1.54) is 37.8 Å². The molecule has 67 heavy (non-hydrogen) atoms. The number of nitrogens with one attached hydrogen (secondary N) is 4. The number of carbonyl (C=O) groups is 8. The van der Waals surface area contributed by atoms with Gasteiger partial charge in [0.1, 0.15) is 36.0 Å². The maximum Gasteiger partial charge on any atom is 0.329 e. The van der Waals surface area contributed by atoms with Crippen molar-refractivity contribution in [3.8, 4) is 5.75 Å². The Bertz CT molecular complexity index is 1870. The summed E-state index contributed by atoms with van der Waals surface area (Å²) in [4.78, 5) is 116. The molecule has 376 valence electrons. The number of ether oxygens (including phenoxy) is 3. The quantitative estimate of drug-likeness (QED) is 0.142. The number of esters is 2. The predicted molar refractivity (Wildman–Crippen MR) is 250 cm³/mol. The van der Waals surface area contributed by atoms with Crippen molar-refractivity contribution in [2.45, 2.75) is 169 Å². The fraction of sp³-hybridized carbons (Fsp3) is 0.714. The van der Waals surface area contributed by atoms with Gasteiger partial charge in [0, 0.05) is 20.0 Å². The van der Waals surface area contributed by atoms with Crippen molar-refractivity contribution in [1.82, 2.24) is 31.1 Å². The van der Waals surface area contributed by atoms with Gasteiger partial charge in [0.05, 0.1) is 37.6 Å². The minimum absolute atomic E-state index is 0.0500. The van der Waals surface area contributed by atoms with Gasteiger partial charge in [-0.1, -0.05) is 73.9 Å². The number of aliphatic hydroxyl groups is 1. The van der Waals surface area contributed by atoms with Gasteiger partial charge in [0.15, 0.2) is 11.9 Å². The topological polar surface area (TPSA) is 239 Å². The van der Waals surface area contributed by atoms with Gasteiger partial charge in [-0.3, -0.25) is 33.6 Å². The molecule has 0 saturated carbocycles. The monoisotopic (exact) mass is 943 g/mol. The lowest BCUT2D eigenvalue weighted by Gasteiger charge is -2.35. The van der Waals surface area contributed by atoms with Crippen molar-refractivity contribution >= 4 is 47.3 Å². The molecule has 11 atom stereocenters. The van der Waals surface area contributed by atoms with Crippen LogP contribution in [0.1, 0.15) is 113 Å². The van der Waals surface area contributed by atoms with Crippen molar-refractivity contribution in [1.29, 1.82) is 0 Å². The first kappa shape index (κ1) is 56.2. The number of ketones is 1. The number of methoxy groups -OCH3 is 1. The van der Waals surface area contributed by atoms with Crippen LogP contribution in [0.15, 0.2) is 24.3 Å². The highest BCUT2D eigenvalue weighted by atomic mass is 16.6. The average Bonchev–Trinajstić information content (AvgIpc) is 3.77. The van der Waals surface area contributed by atoms with Crippen LogP contribution in [0, 0.1) is 29.6 Å². The summed E-state index contributed by atoms with van der Waals surface area (Å²) in [6, 6.07) is 0.0322. The fourth-order valence-electron chi connectivity index (χ4n) is 8.55. The fourth-order valence-corrected chi connectivity index (χ4v) is 8.55. The molecule has 0 bridgehead atoms. The Morgan fingerprint density at radius 3 is 2.10 bits per heavy atom. The Labute approximate surface area is 396 Å². The van der Waals surface area contributed by atoms with E-state index in [1.807, 2.05) is 34.6 Å². The summed E-state index contributed by atoms with van der Waals surface area (Å²) in [6.07, 6.45) is -3.30. The van der Waals surface area contributed by atoms with Crippen LogP contribution in [0.25, 0.3) is 0 Å². The van der Waals surface area contributed by atoms with Crippen molar-refractivity contribution in [2.75, 3.05) is 27.7 Å². The molecule has 2 aliphatic heterocycles. The van der Waals surface area contributed by atoms with Gasteiger partial charge in [0.2, 0.25) is 29.5 Å². The van der Waals surface area contributed by atoms with Crippen LogP contribution in [-0.4, -0.2) is 144 Å². The van der Waals surface area contributed by atoms with Gasteiger partial charge in [-0.15, -0.1) is 0 Å². The number of benzene rings is 1. The van der Waals surface area contributed by atoms with Gasteiger partial charge < -0.3 is 50.4 Å². The van der Waals surface area contributed by atoms with E-state index in [-0.39, 0.29) is 37.6 Å². The SMILES string of the molecule is CC[C@H](C)[C@@H]1NC(=O)[C@@H](NC(=O)[C@@H](CC(C)C)NC)[C@@H](C)OC(=O)[C@H](Cc2ccc(OC)cc2)N(C)C(=O)[C@@H]2CCCN2C(=O)[C@H](CC(C)C)NC(=O)[C@@H](C)C(=O)[C@@H](C(C)C)OC(=O)C[C@@H]1O. The minimum Gasteiger partial charge on any atom is -0.497 e. The summed E-state index contributed by atoms with van der Waals surface area (Å²) in [6.45, 7) is 17.4. The number of likely N-dealkylation sites (N-methyl/N-ethyl adjacent to an activating group) is 2. The van der Waals surface area contributed by atoms with Crippen molar-refractivity contribution in [3.63, 3.8) is 0 Å². The summed E-state index contributed by atoms with van der Waals surface area (Å²) in [5.74, 6) is -7.71. The third kappa shape index (κ3) is 15.5. The number of nitrogens with zero attached hydrogens (tertiary/aromatic N) is 2. The summed E-state index contributed by atoms with van der Waals surface area (Å²) < 4.78 is 17.1. The summed E-state index contributed by atoms with van der Waals surface area (Å²) in [5.41, 5.74) is 0.631. The Morgan fingerprint density at radius 2 is 1.55 bits per heavy atom. The summed E-state index contributed by atoms with van der Waals surface area (Å²) in [7, 11) is 4.56. The number of hydrogen-bond donors (Lipinski definition) is 5. The van der Waals surface area contributed by atoms with Gasteiger partial charge in [-0.25, -0.2) is 4.79 Å². The van der Waals surface area contributed by atoms with Crippen LogP contribution in [-0.2, 0) is 54.3 Å². The molecule has 18 nitrogen and oxygen atoms in total. The highest BCUT2D eigenvalue weighted by Gasteiger charge is 2.44. The van der Waals surface area contributed by atoms with E-state index in [2.05, 4.69) is 21.3 Å². The first-order valence-electron chi connectivity index (χ1n) is 23.9. The minimum atomic E-state index is -1.55. The molecule has 2 fully saturated rings. The first-order valence-corrected chi connectivity index (χ1v) is 23.9. The van der Waals surface area contributed by atoms with E-state index >= 15 is 0 Å². The molecular formula is C49H78N6O12. The maximum atomic E-state index is 14.7. The van der Waals surface area contributed by atoms with Gasteiger partial charge in [-0.2, -0.15) is 0 Å². The molecule has 1 aromatic carbocycles. The number of cyclic esters (lactones) is 2. The Balaban J connectivity index is 2.23. The molecule has 2 heterocycles. The molecule has 5 N–H and O–H groups in total. The molecule has 1 aromatic rings. The molecule has 0 aromatic heterocycles. The highest BCUT2D eigenvalue weighted by Crippen LogP contribution is 2.26. The molecule has 0 aliphatic carbocycles. The number of Topliss-reactive ketones (excluding diaryl/α,β-unsaturated/α-hetero) is 1. The number of carbonyl (C=O) groups excluding carboxylic acids is 8. The number of rotatable bonds is 13. The molecule has 2 aliphatic rings. The number of hydrogen-bond acceptors (Lipinski definition) is 13. The predicted octanol–water partition coefficient (Wildman–Crippen LogP) is 2.71. The third-order valence-electron chi connectivity index (χ3n) is 12.9. The molecular weight excluding hydrogens is 865 g/mol. The number of fused-ring (bicyclic) bond motifs is 1. The van der Waals surface area contributed by atoms with Crippen molar-refractivity contribution < 1.29 is 57.7 Å². The molecule has 18 heteroatoms. The lowest BCUT2D eigenvalue weighted by atomic mass is 9.91. The smallest absolute Gasteiger partial charge is 0.329 e. The average molecular weight is 943 g/mol. The van der Waals surface area contributed by atoms with E-state index in [0.29, 0.717) is 30.6 Å². The Morgan fingerprint density at radius 1 is 0.910 bits per heavy atom. The number of aliphatic hydroxyl groups excluding tert-OH is 1. The largest absolute Gasteiger partial charge is 0.497 e. The zero-order chi connectivity index (χ0) is 50.4. The zero-order valence-electron chi connectivity index (χ0n) is 41.9. The molecule has 2 saturated heterocycles. The van der Waals surface area contributed by atoms with Crippen molar-refractivity contribution in [2.24, 2.45) is 29.6 Å². The second-order valence-corrected chi connectivity index (χ2v) is 19.5. The molecule has 0 spiro atoms. The lowest BCUT2D eigenvalue weighted by Crippen LogP contribution is -2.61. The molecule has 5 amide bonds. The maximum absolute atomic E-state index is 14.7. The third-order valence-corrected chi connectivity index (χ3v) is 12.9. The highest BCUT2D eigenvalue weighted by molar-refractivity contribution is 6.05. The van der Waals surface area contributed by atoms with Gasteiger partial charge in [-0.05, 0) is 87.9 Å². The van der Waals surface area contributed by atoms with E-state index < -0.39 is 126 Å². The second-order valence-electron chi connectivity index (χ2n) is 19.5. The van der Waals surface area contributed by atoms with Crippen LogP contribution < -0.4 is 26.0 Å². The van der Waals surface area contributed by atoms with Crippen LogP contribution in [0.2, 0.25) is 0 Å². The second kappa shape index (κ2) is 25.9. The zero-order valence-corrected chi connectivity index (χ0v) is 41.9. The summed E-state index contributed by atoms with van der Waals surface area (Å²) in [5, 5.41) is 22.9. The normalized spacial score (nSPS) is 27.8. The summed E-state index contributed by atoms with van der Waals surface area (Å²) >= 11 is 0. The van der Waals surface area contributed by atoms with Crippen LogP contribution >= 0.6 is 0 Å². The van der Waals surface area contributed by atoms with Crippen LogP contribution in [0.4, 0.5) is 0 Å². The van der Waals surface area contributed by atoms with E-state index in [0.717, 1.165) is 0 Å². The van der Waals surface area contributed by atoms with Crippen LogP contribution in [0.3, 0.4) is 0 Å². The first-order chi connectivity index (χ1) is 31.4. The Hall–Kier alpha value is -5.10. The number of amides is 5. The molecule has 0 unspecified atom stereocenters. The lowest BCUT2D eigenvalue weighted by molar-refractivity contribution is -0.163. The van der Waals surface area contributed by atoms with Crippen LogP contribution in [0.5, 0.6) is 5.75 Å². The van der Waals surface area contributed by atoms with E-state index in [1.54, 1.807) is 52.1 Å². The standard InChI is InChI=1S/C49H78N6O12/c1-14-29(8)40-38(56)25-39(57)67-43(28(6)7)42(58)30(9)44(59)51-35(23-27(4)5)47(62)55-21-15-16-36(55)48(63)54(12)37(24-32-17-19-33(65-13)20-18-32)49(64)66-31(10)41(46(61)52-40)53-45(60)34(50-11)22-26(2)3/h17-20,26-31,34-38,40-41,43,50,56H,14-16,21-25H2,1-13H3,(H,51,59)(H,52,61)(H,53,60)/t29-,30-,31+,34+,35-,36-,37-,38-,40-,41-,43+/m0/s1. The van der Waals surface area contributed by atoms with E-state index in [4.69, 9.17) is 14.2 Å². The molecule has 0 radical (unpaired) electrons. The van der Waals surface area contributed by atoms with E-state index in [9.17, 15) is 43.5 Å². The van der Waals surface area contributed by atoms with Gasteiger partial charge in [0.25, 0.3) is 0 Å². The Kier molecular flexibility index (Phi) is 21.7.